The van der Waals surface area contributed by atoms with Gasteiger partial charge in [-0.25, -0.2) is 8.42 Å². The number of rotatable bonds is 11. The molecule has 2 aromatic rings. The van der Waals surface area contributed by atoms with Crippen LogP contribution in [0.2, 0.25) is 5.02 Å². The highest BCUT2D eigenvalue weighted by Gasteiger charge is 2.30. The maximum Gasteiger partial charge on any atom is 0.244 e. The van der Waals surface area contributed by atoms with E-state index in [1.54, 1.807) is 49.4 Å². The van der Waals surface area contributed by atoms with Gasteiger partial charge in [-0.15, -0.1) is 0 Å². The topological polar surface area (TPSA) is 86.8 Å². The highest BCUT2D eigenvalue weighted by molar-refractivity contribution is 7.92. The summed E-state index contributed by atoms with van der Waals surface area (Å²) in [5, 5.41) is 3.36. The molecule has 7 nitrogen and oxygen atoms in total. The van der Waals surface area contributed by atoms with Crippen LogP contribution in [0.15, 0.2) is 48.5 Å². The lowest BCUT2D eigenvalue weighted by atomic mass is 10.1. The van der Waals surface area contributed by atoms with Gasteiger partial charge in [0.2, 0.25) is 21.8 Å². The van der Waals surface area contributed by atoms with E-state index in [0.29, 0.717) is 17.3 Å². The minimum atomic E-state index is -3.74. The Morgan fingerprint density at radius 3 is 2.36 bits per heavy atom. The van der Waals surface area contributed by atoms with Crippen LogP contribution in [-0.2, 0) is 26.2 Å². The van der Waals surface area contributed by atoms with Gasteiger partial charge in [-0.2, -0.15) is 0 Å². The maximum absolute atomic E-state index is 13.4. The molecule has 0 spiro atoms. The van der Waals surface area contributed by atoms with Crippen LogP contribution in [0, 0.1) is 6.92 Å². The monoisotopic (exact) mass is 493 g/mol. The van der Waals surface area contributed by atoms with Crippen molar-refractivity contribution >= 4 is 39.1 Å². The fraction of sp³-hybridized carbons (Fsp3) is 0.417. The lowest BCUT2D eigenvalue weighted by molar-refractivity contribution is -0.139. The Labute approximate surface area is 201 Å². The first-order valence-electron chi connectivity index (χ1n) is 10.9. The molecule has 1 N–H and O–H groups in total. The number of aryl methyl sites for hydroxylation is 1. The molecule has 0 aliphatic rings. The summed E-state index contributed by atoms with van der Waals surface area (Å²) in [4.78, 5) is 27.5. The predicted molar refractivity (Wildman–Crippen MR) is 133 cm³/mol. The van der Waals surface area contributed by atoms with Crippen LogP contribution in [0.3, 0.4) is 0 Å². The Bertz CT molecular complexity index is 1060. The normalized spacial score (nSPS) is 12.2. The van der Waals surface area contributed by atoms with Crippen molar-refractivity contribution in [1.29, 1.82) is 0 Å². The first-order chi connectivity index (χ1) is 15.5. The van der Waals surface area contributed by atoms with E-state index >= 15 is 0 Å². The van der Waals surface area contributed by atoms with Crippen LogP contribution in [0.1, 0.15) is 37.8 Å². The summed E-state index contributed by atoms with van der Waals surface area (Å²) in [6.07, 6.45) is 2.82. The number of anilines is 1. The molecular formula is C24H32ClN3O4S. The highest BCUT2D eigenvalue weighted by Crippen LogP contribution is 2.20. The number of unbranched alkanes of at least 4 members (excludes halogenated alkanes) is 1. The van der Waals surface area contributed by atoms with Gasteiger partial charge >= 0.3 is 0 Å². The lowest BCUT2D eigenvalue weighted by Crippen LogP contribution is -2.51. The number of hydrogen-bond donors (Lipinski definition) is 1. The molecule has 0 aromatic heterocycles. The summed E-state index contributed by atoms with van der Waals surface area (Å²) in [5.74, 6) is -0.779. The lowest BCUT2D eigenvalue weighted by Gasteiger charge is -2.31. The van der Waals surface area contributed by atoms with Crippen molar-refractivity contribution in [2.45, 2.75) is 46.2 Å². The SMILES string of the molecule is CCCCNC(=O)C(C)N(Cc1cccc(Cl)c1)C(=O)CN(c1ccc(C)cc1)S(C)(=O)=O. The molecule has 0 saturated carbocycles. The largest absolute Gasteiger partial charge is 0.354 e. The zero-order valence-corrected chi connectivity index (χ0v) is 21.1. The highest BCUT2D eigenvalue weighted by atomic mass is 35.5. The Hall–Kier alpha value is -2.58. The molecule has 0 fully saturated rings. The summed E-state index contributed by atoms with van der Waals surface area (Å²) in [7, 11) is -3.74. The molecule has 0 saturated heterocycles. The van der Waals surface area contributed by atoms with Crippen molar-refractivity contribution in [3.05, 3.63) is 64.7 Å². The zero-order chi connectivity index (χ0) is 24.6. The van der Waals surface area contributed by atoms with Crippen LogP contribution >= 0.6 is 11.6 Å². The fourth-order valence-corrected chi connectivity index (χ4v) is 4.34. The van der Waals surface area contributed by atoms with Gasteiger partial charge in [0.25, 0.3) is 0 Å². The molecule has 0 bridgehead atoms. The van der Waals surface area contributed by atoms with Gasteiger partial charge in [0.1, 0.15) is 12.6 Å². The van der Waals surface area contributed by atoms with Crippen molar-refractivity contribution in [3.63, 3.8) is 0 Å². The summed E-state index contributed by atoms with van der Waals surface area (Å²) >= 11 is 6.10. The summed E-state index contributed by atoms with van der Waals surface area (Å²) < 4.78 is 26.1. The van der Waals surface area contributed by atoms with Gasteiger partial charge in [-0.3, -0.25) is 13.9 Å². The van der Waals surface area contributed by atoms with Gasteiger partial charge in [0.15, 0.2) is 0 Å². The van der Waals surface area contributed by atoms with Crippen LogP contribution in [0.25, 0.3) is 0 Å². The first kappa shape index (κ1) is 26.7. The number of sulfonamides is 1. The first-order valence-corrected chi connectivity index (χ1v) is 13.1. The Kier molecular flexibility index (Phi) is 9.73. The number of amides is 2. The minimum Gasteiger partial charge on any atom is -0.354 e. The molecule has 2 aromatic carbocycles. The second kappa shape index (κ2) is 12.0. The van der Waals surface area contributed by atoms with E-state index in [1.165, 1.54) is 4.90 Å². The van der Waals surface area contributed by atoms with E-state index in [0.717, 1.165) is 34.5 Å². The molecule has 180 valence electrons. The zero-order valence-electron chi connectivity index (χ0n) is 19.5. The number of nitrogens with one attached hydrogen (secondary N) is 1. The van der Waals surface area contributed by atoms with Crippen molar-refractivity contribution < 1.29 is 18.0 Å². The molecule has 0 aliphatic carbocycles. The predicted octanol–water partition coefficient (Wildman–Crippen LogP) is 3.75. The Balaban J connectivity index is 2.33. The molecule has 9 heteroatoms. The molecule has 2 rings (SSSR count). The molecule has 2 amide bonds. The van der Waals surface area contributed by atoms with E-state index in [2.05, 4.69) is 5.32 Å². The number of hydrogen-bond acceptors (Lipinski definition) is 4. The second-order valence-corrected chi connectivity index (χ2v) is 10.4. The molecular weight excluding hydrogens is 462 g/mol. The average molecular weight is 494 g/mol. The van der Waals surface area contributed by atoms with Crippen molar-refractivity contribution in [2.24, 2.45) is 0 Å². The average Bonchev–Trinajstić information content (AvgIpc) is 2.75. The summed E-state index contributed by atoms with van der Waals surface area (Å²) in [6, 6.07) is 13.1. The second-order valence-electron chi connectivity index (χ2n) is 8.08. The Morgan fingerprint density at radius 2 is 1.79 bits per heavy atom. The van der Waals surface area contributed by atoms with Crippen LogP contribution < -0.4 is 9.62 Å². The summed E-state index contributed by atoms with van der Waals surface area (Å²) in [5.41, 5.74) is 2.10. The number of nitrogens with zero attached hydrogens (tertiary/aromatic N) is 2. The molecule has 1 unspecified atom stereocenters. The molecule has 0 aliphatic heterocycles. The third kappa shape index (κ3) is 8.05. The number of carbonyl (C=O) groups excluding carboxylic acids is 2. The van der Waals surface area contributed by atoms with Gasteiger partial charge < -0.3 is 10.2 Å². The van der Waals surface area contributed by atoms with Crippen molar-refractivity contribution in [1.82, 2.24) is 10.2 Å². The molecule has 0 heterocycles. The van der Waals surface area contributed by atoms with Gasteiger partial charge in [-0.1, -0.05) is 54.8 Å². The van der Waals surface area contributed by atoms with Gasteiger partial charge in [0, 0.05) is 18.1 Å². The van der Waals surface area contributed by atoms with Crippen LogP contribution in [0.5, 0.6) is 0 Å². The van der Waals surface area contributed by atoms with E-state index in [4.69, 9.17) is 11.6 Å². The molecule has 1 atom stereocenters. The molecule has 33 heavy (non-hydrogen) atoms. The fourth-order valence-electron chi connectivity index (χ4n) is 3.28. The number of benzene rings is 2. The number of halogens is 1. The number of carbonyl (C=O) groups is 2. The molecule has 0 radical (unpaired) electrons. The maximum atomic E-state index is 13.4. The smallest absolute Gasteiger partial charge is 0.244 e. The quantitative estimate of drug-likeness (QED) is 0.483. The van der Waals surface area contributed by atoms with Gasteiger partial charge in [-0.05, 0) is 50.1 Å². The van der Waals surface area contributed by atoms with E-state index in [1.807, 2.05) is 19.9 Å². The van der Waals surface area contributed by atoms with Crippen LogP contribution in [0.4, 0.5) is 5.69 Å². The summed E-state index contributed by atoms with van der Waals surface area (Å²) in [6.45, 7) is 5.76. The third-order valence-electron chi connectivity index (χ3n) is 5.24. The van der Waals surface area contributed by atoms with Crippen molar-refractivity contribution in [3.8, 4) is 0 Å². The minimum absolute atomic E-state index is 0.118. The van der Waals surface area contributed by atoms with E-state index < -0.39 is 28.5 Å². The van der Waals surface area contributed by atoms with Crippen molar-refractivity contribution in [2.75, 3.05) is 23.7 Å². The van der Waals surface area contributed by atoms with Crippen LogP contribution in [-0.4, -0.2) is 50.5 Å². The third-order valence-corrected chi connectivity index (χ3v) is 6.62. The van der Waals surface area contributed by atoms with E-state index in [-0.39, 0.29) is 12.5 Å². The Morgan fingerprint density at radius 1 is 1.12 bits per heavy atom. The van der Waals surface area contributed by atoms with E-state index in [9.17, 15) is 18.0 Å². The standard InChI is InChI=1S/C24H32ClN3O4S/c1-5-6-14-26-24(30)19(3)27(16-20-8-7-9-21(25)15-20)23(29)17-28(33(4,31)32)22-12-10-18(2)11-13-22/h7-13,15,19H,5-6,14,16-17H2,1-4H3,(H,26,30). The van der Waals surface area contributed by atoms with Gasteiger partial charge in [0.05, 0.1) is 11.9 Å².